The van der Waals surface area contributed by atoms with Gasteiger partial charge in [-0.1, -0.05) is 25.3 Å². The minimum atomic E-state index is 0.0882. The molecule has 0 atom stereocenters. The minimum Gasteiger partial charge on any atom is -0.350 e. The van der Waals surface area contributed by atoms with E-state index in [2.05, 4.69) is 5.32 Å². The molecule has 1 N–H and O–H groups in total. The Kier molecular flexibility index (Phi) is 4.37. The van der Waals surface area contributed by atoms with Gasteiger partial charge in [0.25, 0.3) is 0 Å². The molecule has 17 heavy (non-hydrogen) atoms. The van der Waals surface area contributed by atoms with Crippen LogP contribution in [-0.2, 0) is 4.79 Å². The third-order valence-electron chi connectivity index (χ3n) is 3.20. The molecule has 1 heterocycles. The molecule has 0 bridgehead atoms. The lowest BCUT2D eigenvalue weighted by atomic mass is 9.95. The Morgan fingerprint density at radius 3 is 2.82 bits per heavy atom. The molecule has 0 saturated heterocycles. The van der Waals surface area contributed by atoms with Gasteiger partial charge < -0.3 is 5.32 Å². The lowest BCUT2D eigenvalue weighted by Crippen LogP contribution is -2.36. The fourth-order valence-electron chi connectivity index (χ4n) is 2.20. The largest absolute Gasteiger partial charge is 0.350 e. The molecule has 3 heteroatoms. The van der Waals surface area contributed by atoms with Gasteiger partial charge in [-0.15, -0.1) is 11.3 Å². The SMILES string of the molecule is C/C(=C\c1cccs1)C(=O)NC1CCCCC1. The highest BCUT2D eigenvalue weighted by atomic mass is 32.1. The van der Waals surface area contributed by atoms with Crippen molar-refractivity contribution >= 4 is 23.3 Å². The normalized spacial score (nSPS) is 18.1. The van der Waals surface area contributed by atoms with E-state index < -0.39 is 0 Å². The molecule has 1 aliphatic carbocycles. The molecule has 1 fully saturated rings. The number of hydrogen-bond donors (Lipinski definition) is 1. The Morgan fingerprint density at radius 1 is 1.41 bits per heavy atom. The van der Waals surface area contributed by atoms with Crippen molar-refractivity contribution in [1.29, 1.82) is 0 Å². The van der Waals surface area contributed by atoms with Crippen LogP contribution in [0, 0.1) is 0 Å². The third-order valence-corrected chi connectivity index (χ3v) is 4.02. The first-order valence-electron chi connectivity index (χ1n) is 6.28. The molecule has 0 unspecified atom stereocenters. The summed E-state index contributed by atoms with van der Waals surface area (Å²) in [6.45, 7) is 1.89. The van der Waals surface area contributed by atoms with Crippen molar-refractivity contribution in [3.05, 3.63) is 28.0 Å². The number of rotatable bonds is 3. The molecule has 92 valence electrons. The van der Waals surface area contributed by atoms with Crippen molar-refractivity contribution < 1.29 is 4.79 Å². The lowest BCUT2D eigenvalue weighted by Gasteiger charge is -2.22. The first-order chi connectivity index (χ1) is 8.25. The molecule has 0 aliphatic heterocycles. The molecule has 2 rings (SSSR count). The van der Waals surface area contributed by atoms with Gasteiger partial charge in [-0.25, -0.2) is 0 Å². The number of carbonyl (C=O) groups excluding carboxylic acids is 1. The number of carbonyl (C=O) groups is 1. The molecule has 1 aromatic rings. The van der Waals surface area contributed by atoms with Crippen LogP contribution in [0.5, 0.6) is 0 Å². The van der Waals surface area contributed by atoms with Gasteiger partial charge in [-0.2, -0.15) is 0 Å². The van der Waals surface area contributed by atoms with Crippen molar-refractivity contribution in [2.75, 3.05) is 0 Å². The summed E-state index contributed by atoms with van der Waals surface area (Å²) in [4.78, 5) is 13.1. The molecule has 1 saturated carbocycles. The van der Waals surface area contributed by atoms with E-state index in [1.54, 1.807) is 11.3 Å². The standard InChI is InChI=1S/C14H19NOS/c1-11(10-13-8-5-9-17-13)14(16)15-12-6-3-2-4-7-12/h5,8-10,12H,2-4,6-7H2,1H3,(H,15,16)/b11-10+. The van der Waals surface area contributed by atoms with Crippen LogP contribution in [0.1, 0.15) is 43.9 Å². The zero-order valence-corrected chi connectivity index (χ0v) is 11.1. The highest BCUT2D eigenvalue weighted by Crippen LogP contribution is 2.18. The lowest BCUT2D eigenvalue weighted by molar-refractivity contribution is -0.118. The first-order valence-corrected chi connectivity index (χ1v) is 7.16. The smallest absolute Gasteiger partial charge is 0.247 e. The predicted molar refractivity (Wildman–Crippen MR) is 73.0 cm³/mol. The van der Waals surface area contributed by atoms with Crippen molar-refractivity contribution in [3.8, 4) is 0 Å². The summed E-state index contributed by atoms with van der Waals surface area (Å²) in [5.41, 5.74) is 0.804. The summed E-state index contributed by atoms with van der Waals surface area (Å²) in [5.74, 6) is 0.0882. The summed E-state index contributed by atoms with van der Waals surface area (Å²) in [6, 6.07) is 4.42. The number of nitrogens with one attached hydrogen (secondary N) is 1. The summed E-state index contributed by atoms with van der Waals surface area (Å²) in [5, 5.41) is 5.15. The van der Waals surface area contributed by atoms with Gasteiger partial charge in [0.15, 0.2) is 0 Å². The van der Waals surface area contributed by atoms with Gasteiger partial charge in [0.05, 0.1) is 0 Å². The molecular weight excluding hydrogens is 230 g/mol. The van der Waals surface area contributed by atoms with Gasteiger partial charge in [0.2, 0.25) is 5.91 Å². The Labute approximate surface area is 107 Å². The quantitative estimate of drug-likeness (QED) is 0.815. The molecule has 2 nitrogen and oxygen atoms in total. The molecule has 0 radical (unpaired) electrons. The second kappa shape index (κ2) is 6.01. The Hall–Kier alpha value is -1.09. The molecule has 1 amide bonds. The topological polar surface area (TPSA) is 29.1 Å². The highest BCUT2D eigenvalue weighted by Gasteiger charge is 2.16. The summed E-state index contributed by atoms with van der Waals surface area (Å²) < 4.78 is 0. The maximum Gasteiger partial charge on any atom is 0.247 e. The number of thiophene rings is 1. The second-order valence-electron chi connectivity index (χ2n) is 4.65. The summed E-state index contributed by atoms with van der Waals surface area (Å²) >= 11 is 1.66. The third kappa shape index (κ3) is 3.70. The molecule has 0 spiro atoms. The first kappa shape index (κ1) is 12.4. The minimum absolute atomic E-state index is 0.0882. The zero-order valence-electron chi connectivity index (χ0n) is 10.2. The van der Waals surface area contributed by atoms with Crippen molar-refractivity contribution in [1.82, 2.24) is 5.32 Å². The Balaban J connectivity index is 1.90. The Bertz CT molecular complexity index is 388. The summed E-state index contributed by atoms with van der Waals surface area (Å²) in [6.07, 6.45) is 8.05. The van der Waals surface area contributed by atoms with E-state index in [9.17, 15) is 4.79 Å². The highest BCUT2D eigenvalue weighted by molar-refractivity contribution is 7.10. The van der Waals surface area contributed by atoms with Gasteiger partial charge in [0.1, 0.15) is 0 Å². The van der Waals surface area contributed by atoms with Crippen LogP contribution in [0.2, 0.25) is 0 Å². The molecular formula is C14H19NOS. The van der Waals surface area contributed by atoms with E-state index in [4.69, 9.17) is 0 Å². The maximum atomic E-state index is 12.0. The molecule has 1 aliphatic rings. The van der Waals surface area contributed by atoms with Gasteiger partial charge in [-0.05, 0) is 37.3 Å². The van der Waals surface area contributed by atoms with Crippen LogP contribution < -0.4 is 5.32 Å². The summed E-state index contributed by atoms with van der Waals surface area (Å²) in [7, 11) is 0. The zero-order chi connectivity index (χ0) is 12.1. The van der Waals surface area contributed by atoms with Crippen LogP contribution in [0.3, 0.4) is 0 Å². The van der Waals surface area contributed by atoms with Crippen molar-refractivity contribution in [2.24, 2.45) is 0 Å². The van der Waals surface area contributed by atoms with Crippen LogP contribution >= 0.6 is 11.3 Å². The van der Waals surface area contributed by atoms with Crippen LogP contribution in [0.15, 0.2) is 23.1 Å². The number of hydrogen-bond acceptors (Lipinski definition) is 2. The van der Waals surface area contributed by atoms with Crippen molar-refractivity contribution in [2.45, 2.75) is 45.1 Å². The van der Waals surface area contributed by atoms with E-state index in [1.807, 2.05) is 30.5 Å². The van der Waals surface area contributed by atoms with Crippen molar-refractivity contribution in [3.63, 3.8) is 0 Å². The average molecular weight is 249 g/mol. The van der Waals surface area contributed by atoms with Gasteiger partial charge in [-0.3, -0.25) is 4.79 Å². The van der Waals surface area contributed by atoms with Crippen LogP contribution in [0.4, 0.5) is 0 Å². The van der Waals surface area contributed by atoms with E-state index in [0.717, 1.165) is 23.3 Å². The second-order valence-corrected chi connectivity index (χ2v) is 5.63. The number of amides is 1. The average Bonchev–Trinajstić information content (AvgIpc) is 2.83. The monoisotopic (exact) mass is 249 g/mol. The Morgan fingerprint density at radius 2 is 2.18 bits per heavy atom. The molecule has 1 aromatic heterocycles. The van der Waals surface area contributed by atoms with Gasteiger partial charge in [0, 0.05) is 16.5 Å². The van der Waals surface area contributed by atoms with E-state index >= 15 is 0 Å². The fraction of sp³-hybridized carbons (Fsp3) is 0.500. The molecule has 0 aromatic carbocycles. The van der Waals surface area contributed by atoms with E-state index in [0.29, 0.717) is 6.04 Å². The van der Waals surface area contributed by atoms with E-state index in [1.165, 1.54) is 19.3 Å². The fourth-order valence-corrected chi connectivity index (χ4v) is 2.91. The van der Waals surface area contributed by atoms with Crippen LogP contribution in [0.25, 0.3) is 6.08 Å². The van der Waals surface area contributed by atoms with Crippen LogP contribution in [-0.4, -0.2) is 11.9 Å². The maximum absolute atomic E-state index is 12.0. The predicted octanol–water partition coefficient (Wildman–Crippen LogP) is 3.60. The van der Waals surface area contributed by atoms with E-state index in [-0.39, 0.29) is 5.91 Å². The van der Waals surface area contributed by atoms with Gasteiger partial charge >= 0.3 is 0 Å².